The molecule has 1 aromatic heterocycles. The van der Waals surface area contributed by atoms with Crippen molar-refractivity contribution in [2.24, 2.45) is 0 Å². The van der Waals surface area contributed by atoms with E-state index in [-0.39, 0.29) is 17.9 Å². The normalized spacial score (nSPS) is 10.5. The summed E-state index contributed by atoms with van der Waals surface area (Å²) in [4.78, 5) is 24.6. The quantitative estimate of drug-likeness (QED) is 0.388. The van der Waals surface area contributed by atoms with Gasteiger partial charge in [0.1, 0.15) is 36.0 Å². The van der Waals surface area contributed by atoms with Crippen molar-refractivity contribution >= 4 is 11.9 Å². The number of rotatable bonds is 9. The third-order valence-electron chi connectivity index (χ3n) is 3.29. The number of carbonyl (C=O) groups is 1. The Morgan fingerprint density at radius 3 is 2.62 bits per heavy atom. The van der Waals surface area contributed by atoms with E-state index in [1.165, 1.54) is 18.2 Å². The molecule has 0 aliphatic carbocycles. The Hall–Kier alpha value is -3.34. The van der Waals surface area contributed by atoms with Crippen LogP contribution in [0.2, 0.25) is 0 Å². The van der Waals surface area contributed by atoms with Crippen LogP contribution in [0.25, 0.3) is 6.08 Å². The zero-order chi connectivity index (χ0) is 18.9. The summed E-state index contributed by atoms with van der Waals surface area (Å²) < 4.78 is 15.9. The summed E-state index contributed by atoms with van der Waals surface area (Å²) in [5.41, 5.74) is -0.125. The predicted octanol–water partition coefficient (Wildman–Crippen LogP) is 3.97. The second kappa shape index (κ2) is 9.22. The van der Waals surface area contributed by atoms with E-state index in [1.807, 2.05) is 6.07 Å². The van der Waals surface area contributed by atoms with Crippen LogP contribution in [0.5, 0.6) is 11.5 Å². The van der Waals surface area contributed by atoms with Crippen molar-refractivity contribution in [2.45, 2.75) is 6.92 Å². The summed E-state index contributed by atoms with van der Waals surface area (Å²) in [5.74, 6) is 0.692. The van der Waals surface area contributed by atoms with Gasteiger partial charge in [0.15, 0.2) is 5.78 Å². The minimum absolute atomic E-state index is 0.146. The van der Waals surface area contributed by atoms with E-state index in [0.717, 1.165) is 5.56 Å². The fraction of sp³-hybridized carbons (Fsp3) is 0.143. The minimum Gasteiger partial charge on any atom is -0.490 e. The molecule has 0 spiro atoms. The summed E-state index contributed by atoms with van der Waals surface area (Å²) in [5, 5.41) is 0. The van der Waals surface area contributed by atoms with Gasteiger partial charge in [-0.05, 0) is 30.7 Å². The Balaban J connectivity index is 2.27. The number of hydrogen-bond acceptors (Lipinski definition) is 5. The summed E-state index contributed by atoms with van der Waals surface area (Å²) in [6.45, 7) is 9.33. The van der Waals surface area contributed by atoms with Crippen molar-refractivity contribution < 1.29 is 18.7 Å². The fourth-order valence-corrected chi connectivity index (χ4v) is 2.19. The van der Waals surface area contributed by atoms with Crippen LogP contribution >= 0.6 is 0 Å². The largest absolute Gasteiger partial charge is 0.490 e. The fourth-order valence-electron chi connectivity index (χ4n) is 2.19. The Bertz CT molecular complexity index is 890. The molecule has 0 saturated heterocycles. The lowest BCUT2D eigenvalue weighted by atomic mass is 10.1. The van der Waals surface area contributed by atoms with Gasteiger partial charge in [0.25, 0.3) is 0 Å². The molecule has 5 nitrogen and oxygen atoms in total. The number of hydrogen-bond donors (Lipinski definition) is 0. The standard InChI is InChI=1S/C21H20O5/c1-4-11-24-17-8-6-7-16(14-17)9-10-18(22)20-19(25-12-5-2)13-15(3)26-21(20)23/h4-10,13-14H,1-2,11-12H2,3H3/b10-9+. The summed E-state index contributed by atoms with van der Waals surface area (Å²) in [6.07, 6.45) is 6.07. The monoisotopic (exact) mass is 352 g/mol. The second-order valence-corrected chi connectivity index (χ2v) is 5.35. The topological polar surface area (TPSA) is 65.7 Å². The highest BCUT2D eigenvalue weighted by Gasteiger charge is 2.17. The predicted molar refractivity (Wildman–Crippen MR) is 101 cm³/mol. The molecule has 26 heavy (non-hydrogen) atoms. The first-order valence-corrected chi connectivity index (χ1v) is 7.99. The molecule has 0 aliphatic heterocycles. The molecule has 0 bridgehead atoms. The molecule has 0 unspecified atom stereocenters. The molecular weight excluding hydrogens is 332 g/mol. The van der Waals surface area contributed by atoms with Crippen LogP contribution in [0.15, 0.2) is 70.9 Å². The van der Waals surface area contributed by atoms with Crippen molar-refractivity contribution in [1.82, 2.24) is 0 Å². The molecule has 0 atom stereocenters. The molecule has 134 valence electrons. The van der Waals surface area contributed by atoms with E-state index in [2.05, 4.69) is 13.2 Å². The molecule has 0 fully saturated rings. The Morgan fingerprint density at radius 1 is 1.15 bits per heavy atom. The molecule has 1 heterocycles. The zero-order valence-electron chi connectivity index (χ0n) is 14.6. The van der Waals surface area contributed by atoms with Gasteiger partial charge in [0.05, 0.1) is 0 Å². The molecule has 0 aliphatic rings. The molecular formula is C21H20O5. The van der Waals surface area contributed by atoms with Crippen LogP contribution in [0.3, 0.4) is 0 Å². The number of allylic oxidation sites excluding steroid dienone is 1. The Labute approximate surface area is 151 Å². The van der Waals surface area contributed by atoms with Gasteiger partial charge in [-0.1, -0.05) is 43.5 Å². The molecule has 5 heteroatoms. The van der Waals surface area contributed by atoms with Gasteiger partial charge in [0.2, 0.25) is 0 Å². The number of benzene rings is 1. The van der Waals surface area contributed by atoms with E-state index in [4.69, 9.17) is 13.9 Å². The first-order chi connectivity index (χ1) is 12.5. The van der Waals surface area contributed by atoms with Gasteiger partial charge in [0, 0.05) is 6.07 Å². The van der Waals surface area contributed by atoms with Gasteiger partial charge >= 0.3 is 5.63 Å². The maximum absolute atomic E-state index is 12.5. The van der Waals surface area contributed by atoms with Gasteiger partial charge in [-0.2, -0.15) is 0 Å². The van der Waals surface area contributed by atoms with Crippen LogP contribution < -0.4 is 15.1 Å². The molecule has 0 radical (unpaired) electrons. The maximum Gasteiger partial charge on any atom is 0.351 e. The van der Waals surface area contributed by atoms with Crippen molar-refractivity contribution in [3.63, 3.8) is 0 Å². The third-order valence-corrected chi connectivity index (χ3v) is 3.29. The van der Waals surface area contributed by atoms with Crippen LogP contribution in [0.1, 0.15) is 21.7 Å². The highest BCUT2D eigenvalue weighted by molar-refractivity contribution is 6.08. The van der Waals surface area contributed by atoms with E-state index >= 15 is 0 Å². The van der Waals surface area contributed by atoms with Gasteiger partial charge in [-0.15, -0.1) is 0 Å². The van der Waals surface area contributed by atoms with Crippen molar-refractivity contribution in [2.75, 3.05) is 13.2 Å². The van der Waals surface area contributed by atoms with E-state index in [9.17, 15) is 9.59 Å². The Morgan fingerprint density at radius 2 is 1.88 bits per heavy atom. The summed E-state index contributed by atoms with van der Waals surface area (Å²) in [6, 6.07) is 8.72. The summed E-state index contributed by atoms with van der Waals surface area (Å²) in [7, 11) is 0. The summed E-state index contributed by atoms with van der Waals surface area (Å²) >= 11 is 0. The van der Waals surface area contributed by atoms with Gasteiger partial charge < -0.3 is 13.9 Å². The molecule has 0 N–H and O–H groups in total. The zero-order valence-corrected chi connectivity index (χ0v) is 14.6. The number of aryl methyl sites for hydroxylation is 1. The second-order valence-electron chi connectivity index (χ2n) is 5.35. The number of ether oxygens (including phenoxy) is 2. The Kier molecular flexibility index (Phi) is 6.74. The molecule has 0 saturated carbocycles. The smallest absolute Gasteiger partial charge is 0.351 e. The lowest BCUT2D eigenvalue weighted by Crippen LogP contribution is -2.15. The molecule has 1 aromatic carbocycles. The first kappa shape index (κ1) is 19.0. The number of carbonyl (C=O) groups excluding carboxylic acids is 1. The molecule has 2 aromatic rings. The SMILES string of the molecule is C=CCOc1cccc(/C=C/C(=O)c2c(OCC=C)cc(C)oc2=O)c1. The third kappa shape index (κ3) is 5.08. The minimum atomic E-state index is -0.734. The van der Waals surface area contributed by atoms with Crippen molar-refractivity contribution in [3.05, 3.63) is 89.0 Å². The van der Waals surface area contributed by atoms with Crippen molar-refractivity contribution in [1.29, 1.82) is 0 Å². The van der Waals surface area contributed by atoms with E-state index in [0.29, 0.717) is 18.1 Å². The van der Waals surface area contributed by atoms with Gasteiger partial charge in [-0.3, -0.25) is 4.79 Å². The van der Waals surface area contributed by atoms with Crippen LogP contribution in [0.4, 0.5) is 0 Å². The average Bonchev–Trinajstić information content (AvgIpc) is 2.62. The van der Waals surface area contributed by atoms with Crippen LogP contribution in [-0.4, -0.2) is 19.0 Å². The van der Waals surface area contributed by atoms with Gasteiger partial charge in [-0.25, -0.2) is 4.79 Å². The lowest BCUT2D eigenvalue weighted by molar-refractivity contribution is 0.104. The van der Waals surface area contributed by atoms with Crippen molar-refractivity contribution in [3.8, 4) is 11.5 Å². The molecule has 2 rings (SSSR count). The maximum atomic E-state index is 12.5. The highest BCUT2D eigenvalue weighted by atomic mass is 16.5. The van der Waals surface area contributed by atoms with Crippen LogP contribution in [-0.2, 0) is 0 Å². The average molecular weight is 352 g/mol. The highest BCUT2D eigenvalue weighted by Crippen LogP contribution is 2.19. The number of ketones is 1. The lowest BCUT2D eigenvalue weighted by Gasteiger charge is -2.07. The van der Waals surface area contributed by atoms with Crippen LogP contribution in [0, 0.1) is 6.92 Å². The van der Waals surface area contributed by atoms with E-state index in [1.54, 1.807) is 37.3 Å². The first-order valence-electron chi connectivity index (χ1n) is 7.99. The van der Waals surface area contributed by atoms with E-state index < -0.39 is 11.4 Å². The molecule has 0 amide bonds.